The number of amides is 1. The van der Waals surface area contributed by atoms with Crippen LogP contribution < -0.4 is 0 Å². The summed E-state index contributed by atoms with van der Waals surface area (Å²) in [5, 5.41) is 0. The van der Waals surface area contributed by atoms with Gasteiger partial charge in [-0.3, -0.25) is 4.79 Å². The SMILES string of the molecule is O=C1c2ccccc2CN1C(CS)COCc1ccccc1. The molecule has 0 fully saturated rings. The number of nitrogens with zero attached hydrogens (tertiary/aromatic N) is 1. The molecule has 1 aliphatic heterocycles. The second-order valence-electron chi connectivity index (χ2n) is 5.43. The highest BCUT2D eigenvalue weighted by Crippen LogP contribution is 2.25. The lowest BCUT2D eigenvalue weighted by molar-refractivity contribution is 0.0455. The highest BCUT2D eigenvalue weighted by atomic mass is 32.1. The molecule has 1 aliphatic rings. The Morgan fingerprint density at radius 2 is 1.82 bits per heavy atom. The molecule has 0 saturated carbocycles. The van der Waals surface area contributed by atoms with E-state index in [1.54, 1.807) is 0 Å². The van der Waals surface area contributed by atoms with Gasteiger partial charge in [-0.15, -0.1) is 0 Å². The lowest BCUT2D eigenvalue weighted by atomic mass is 10.1. The predicted molar refractivity (Wildman–Crippen MR) is 90.1 cm³/mol. The Kier molecular flexibility index (Phi) is 4.80. The summed E-state index contributed by atoms with van der Waals surface area (Å²) in [6.45, 7) is 1.70. The monoisotopic (exact) mass is 313 g/mol. The van der Waals surface area contributed by atoms with Crippen molar-refractivity contribution in [1.82, 2.24) is 4.90 Å². The third-order valence-corrected chi connectivity index (χ3v) is 4.34. The van der Waals surface area contributed by atoms with Crippen molar-refractivity contribution in [3.8, 4) is 0 Å². The van der Waals surface area contributed by atoms with Gasteiger partial charge in [-0.05, 0) is 17.2 Å². The van der Waals surface area contributed by atoms with Crippen LogP contribution in [-0.4, -0.2) is 29.2 Å². The van der Waals surface area contributed by atoms with Gasteiger partial charge in [0.05, 0.1) is 19.3 Å². The first-order valence-electron chi connectivity index (χ1n) is 7.41. The molecule has 0 aliphatic carbocycles. The second-order valence-corrected chi connectivity index (χ2v) is 5.79. The molecule has 0 spiro atoms. The summed E-state index contributed by atoms with van der Waals surface area (Å²) in [4.78, 5) is 14.3. The van der Waals surface area contributed by atoms with Gasteiger partial charge in [0.25, 0.3) is 5.91 Å². The lowest BCUT2D eigenvalue weighted by Crippen LogP contribution is -2.40. The van der Waals surface area contributed by atoms with Crippen molar-refractivity contribution in [1.29, 1.82) is 0 Å². The molecule has 0 saturated heterocycles. The summed E-state index contributed by atoms with van der Waals surface area (Å²) in [5.41, 5.74) is 3.02. The van der Waals surface area contributed by atoms with Crippen LogP contribution in [-0.2, 0) is 17.9 Å². The first-order chi connectivity index (χ1) is 10.8. The fraction of sp³-hybridized carbons (Fsp3) is 0.278. The molecule has 1 heterocycles. The van der Waals surface area contributed by atoms with Gasteiger partial charge in [0.2, 0.25) is 0 Å². The topological polar surface area (TPSA) is 29.5 Å². The Morgan fingerprint density at radius 3 is 2.55 bits per heavy atom. The van der Waals surface area contributed by atoms with E-state index in [-0.39, 0.29) is 11.9 Å². The average Bonchev–Trinajstić information content (AvgIpc) is 2.90. The zero-order valence-corrected chi connectivity index (χ0v) is 13.2. The van der Waals surface area contributed by atoms with Gasteiger partial charge in [-0.1, -0.05) is 48.5 Å². The molecule has 2 aromatic carbocycles. The highest BCUT2D eigenvalue weighted by molar-refractivity contribution is 7.80. The minimum atomic E-state index is -0.00746. The van der Waals surface area contributed by atoms with Crippen molar-refractivity contribution in [2.45, 2.75) is 19.2 Å². The summed E-state index contributed by atoms with van der Waals surface area (Å²) in [6, 6.07) is 17.8. The molecule has 3 nitrogen and oxygen atoms in total. The van der Waals surface area contributed by atoms with Gasteiger partial charge < -0.3 is 9.64 Å². The molecule has 22 heavy (non-hydrogen) atoms. The van der Waals surface area contributed by atoms with Gasteiger partial charge in [-0.2, -0.15) is 12.6 Å². The highest BCUT2D eigenvalue weighted by Gasteiger charge is 2.31. The first kappa shape index (κ1) is 15.1. The largest absolute Gasteiger partial charge is 0.375 e. The Balaban J connectivity index is 1.60. The van der Waals surface area contributed by atoms with Gasteiger partial charge in [-0.25, -0.2) is 0 Å². The second kappa shape index (κ2) is 6.99. The fourth-order valence-electron chi connectivity index (χ4n) is 2.70. The van der Waals surface area contributed by atoms with Crippen LogP contribution in [0.2, 0.25) is 0 Å². The molecule has 1 amide bonds. The van der Waals surface area contributed by atoms with Crippen LogP contribution in [0.1, 0.15) is 21.5 Å². The van der Waals surface area contributed by atoms with Gasteiger partial charge in [0.1, 0.15) is 0 Å². The molecule has 2 aromatic rings. The quantitative estimate of drug-likeness (QED) is 0.830. The first-order valence-corrected chi connectivity index (χ1v) is 8.04. The normalized spacial score (nSPS) is 15.0. The molecule has 0 aromatic heterocycles. The van der Waals surface area contributed by atoms with E-state index in [0.29, 0.717) is 25.5 Å². The molecule has 4 heteroatoms. The summed E-state index contributed by atoms with van der Waals surface area (Å²) >= 11 is 4.40. The Morgan fingerprint density at radius 1 is 1.09 bits per heavy atom. The maximum Gasteiger partial charge on any atom is 0.254 e. The molecule has 3 rings (SSSR count). The number of rotatable bonds is 6. The van der Waals surface area contributed by atoms with E-state index in [1.807, 2.05) is 59.5 Å². The Bertz CT molecular complexity index is 645. The van der Waals surface area contributed by atoms with E-state index in [0.717, 1.165) is 16.7 Å². The van der Waals surface area contributed by atoms with Crippen molar-refractivity contribution in [3.05, 3.63) is 71.3 Å². The fourth-order valence-corrected chi connectivity index (χ4v) is 3.00. The number of hydrogen-bond donors (Lipinski definition) is 1. The number of carbonyl (C=O) groups excluding carboxylic acids is 1. The maximum absolute atomic E-state index is 12.5. The number of fused-ring (bicyclic) bond motifs is 1. The Labute approximate surface area is 136 Å². The van der Waals surface area contributed by atoms with E-state index < -0.39 is 0 Å². The van der Waals surface area contributed by atoms with Crippen molar-refractivity contribution < 1.29 is 9.53 Å². The summed E-state index contributed by atoms with van der Waals surface area (Å²) in [5.74, 6) is 0.673. The number of hydrogen-bond acceptors (Lipinski definition) is 3. The van der Waals surface area contributed by atoms with E-state index in [1.165, 1.54) is 0 Å². The molecule has 0 bridgehead atoms. The third kappa shape index (κ3) is 3.18. The molecular formula is C18H19NO2S. The van der Waals surface area contributed by atoms with E-state index >= 15 is 0 Å². The minimum Gasteiger partial charge on any atom is -0.375 e. The summed E-state index contributed by atoms with van der Waals surface area (Å²) in [7, 11) is 0. The van der Waals surface area contributed by atoms with Crippen LogP contribution in [0.25, 0.3) is 0 Å². The van der Waals surface area contributed by atoms with Crippen molar-refractivity contribution in [3.63, 3.8) is 0 Å². The Hall–Kier alpha value is -1.78. The van der Waals surface area contributed by atoms with Crippen LogP contribution >= 0.6 is 12.6 Å². The lowest BCUT2D eigenvalue weighted by Gasteiger charge is -2.26. The summed E-state index contributed by atoms with van der Waals surface area (Å²) < 4.78 is 5.79. The van der Waals surface area contributed by atoms with Crippen molar-refractivity contribution in [2.24, 2.45) is 0 Å². The van der Waals surface area contributed by atoms with E-state index in [2.05, 4.69) is 12.6 Å². The number of benzene rings is 2. The van der Waals surface area contributed by atoms with Crippen molar-refractivity contribution in [2.75, 3.05) is 12.4 Å². The molecular weight excluding hydrogens is 294 g/mol. The molecule has 1 unspecified atom stereocenters. The standard InChI is InChI=1S/C18H19NO2S/c20-18-17-9-5-4-8-15(17)10-19(18)16(13-22)12-21-11-14-6-2-1-3-7-14/h1-9,16,22H,10-13H2. The number of thiol groups is 1. The van der Waals surface area contributed by atoms with Crippen LogP contribution in [0.4, 0.5) is 0 Å². The third-order valence-electron chi connectivity index (χ3n) is 3.92. The zero-order chi connectivity index (χ0) is 15.4. The van der Waals surface area contributed by atoms with Crippen LogP contribution in [0.5, 0.6) is 0 Å². The molecule has 0 radical (unpaired) electrons. The number of ether oxygens (including phenoxy) is 1. The zero-order valence-electron chi connectivity index (χ0n) is 12.3. The van der Waals surface area contributed by atoms with Gasteiger partial charge in [0.15, 0.2) is 0 Å². The van der Waals surface area contributed by atoms with Gasteiger partial charge >= 0.3 is 0 Å². The van der Waals surface area contributed by atoms with E-state index in [4.69, 9.17) is 4.74 Å². The van der Waals surface area contributed by atoms with Crippen molar-refractivity contribution >= 4 is 18.5 Å². The molecule has 114 valence electrons. The van der Waals surface area contributed by atoms with Crippen LogP contribution in [0.3, 0.4) is 0 Å². The average molecular weight is 313 g/mol. The predicted octanol–water partition coefficient (Wildman–Crippen LogP) is 3.16. The van der Waals surface area contributed by atoms with Gasteiger partial charge in [0, 0.05) is 17.9 Å². The van der Waals surface area contributed by atoms with Crippen LogP contribution in [0.15, 0.2) is 54.6 Å². The maximum atomic E-state index is 12.5. The molecule has 0 N–H and O–H groups in total. The molecule has 1 atom stereocenters. The minimum absolute atomic E-state index is 0.00746. The summed E-state index contributed by atoms with van der Waals surface area (Å²) in [6.07, 6.45) is 0. The van der Waals surface area contributed by atoms with E-state index in [9.17, 15) is 4.79 Å². The smallest absolute Gasteiger partial charge is 0.254 e. The van der Waals surface area contributed by atoms with Crippen LogP contribution in [0, 0.1) is 0 Å². The number of carbonyl (C=O) groups is 1.